The highest BCUT2D eigenvalue weighted by molar-refractivity contribution is 6.48. The summed E-state index contributed by atoms with van der Waals surface area (Å²) in [4.78, 5) is 4.08. The zero-order valence-corrected chi connectivity index (χ0v) is 8.62. The molecule has 1 aromatic carbocycles. The number of pyridine rings is 1. The highest BCUT2D eigenvalue weighted by Gasteiger charge is 1.98. The lowest BCUT2D eigenvalue weighted by molar-refractivity contribution is 1.36. The Morgan fingerprint density at radius 2 is 2.14 bits per heavy atom. The van der Waals surface area contributed by atoms with Crippen LogP contribution in [0.4, 0.5) is 0 Å². The van der Waals surface area contributed by atoms with Gasteiger partial charge >= 0.3 is 0 Å². The van der Waals surface area contributed by atoms with Crippen molar-refractivity contribution in [3.05, 3.63) is 48.3 Å². The van der Waals surface area contributed by atoms with Gasteiger partial charge in [0.25, 0.3) is 0 Å². The molecule has 0 aliphatic rings. The van der Waals surface area contributed by atoms with Gasteiger partial charge < -0.3 is 0 Å². The van der Waals surface area contributed by atoms with Crippen molar-refractivity contribution in [3.8, 4) is 0 Å². The molecule has 14 heavy (non-hydrogen) atoms. The molecule has 0 unspecified atom stereocenters. The largest absolute Gasteiger partial charge is 0.264 e. The first-order valence-corrected chi connectivity index (χ1v) is 4.85. The monoisotopic (exact) mass is 203 g/mol. The molecular formula is C12H10ClN. The van der Waals surface area contributed by atoms with Gasteiger partial charge in [0.15, 0.2) is 0 Å². The van der Waals surface area contributed by atoms with Crippen LogP contribution in [0.1, 0.15) is 12.5 Å². The van der Waals surface area contributed by atoms with Gasteiger partial charge in [0, 0.05) is 22.8 Å². The normalized spacial score (nSPS) is 12.0. The minimum absolute atomic E-state index is 0.774. The number of allylic oxidation sites excluding steroid dienone is 1. The second-order valence-corrected chi connectivity index (χ2v) is 3.48. The Balaban J connectivity index is 2.62. The molecule has 2 heteroatoms. The topological polar surface area (TPSA) is 12.9 Å². The fraction of sp³-hybridized carbons (Fsp3) is 0.0833. The van der Waals surface area contributed by atoms with Crippen LogP contribution in [0.25, 0.3) is 15.8 Å². The molecule has 2 rings (SSSR count). The third-order valence-electron chi connectivity index (χ3n) is 2.17. The lowest BCUT2D eigenvalue weighted by Gasteiger charge is -2.01. The Morgan fingerprint density at radius 1 is 1.29 bits per heavy atom. The fourth-order valence-corrected chi connectivity index (χ4v) is 1.52. The van der Waals surface area contributed by atoms with Crippen molar-refractivity contribution in [2.75, 3.05) is 0 Å². The highest BCUT2D eigenvalue weighted by Crippen LogP contribution is 2.22. The molecule has 0 spiro atoms. The standard InChI is InChI=1S/C12H10ClN/c1-2-12(13)10-4-3-9-5-6-14-8-11(9)7-10/h2-8H,1H3/b12-2+. The Morgan fingerprint density at radius 3 is 2.93 bits per heavy atom. The lowest BCUT2D eigenvalue weighted by atomic mass is 10.1. The Hall–Kier alpha value is -1.34. The summed E-state index contributed by atoms with van der Waals surface area (Å²) in [5.41, 5.74) is 1.04. The molecule has 0 amide bonds. The summed E-state index contributed by atoms with van der Waals surface area (Å²) in [5, 5.41) is 3.07. The second kappa shape index (κ2) is 3.81. The van der Waals surface area contributed by atoms with E-state index in [1.807, 2.05) is 37.4 Å². The van der Waals surface area contributed by atoms with Crippen LogP contribution in [0.3, 0.4) is 0 Å². The number of halogens is 1. The Labute approximate surface area is 88.0 Å². The van der Waals surface area contributed by atoms with E-state index < -0.39 is 0 Å². The molecule has 0 atom stereocenters. The molecule has 1 heterocycles. The molecule has 2 aromatic rings. The Kier molecular flexibility index (Phi) is 2.51. The van der Waals surface area contributed by atoms with Gasteiger partial charge in [0.2, 0.25) is 0 Å². The Bertz CT molecular complexity index is 488. The molecule has 0 bridgehead atoms. The predicted molar refractivity (Wildman–Crippen MR) is 61.2 cm³/mol. The van der Waals surface area contributed by atoms with Gasteiger partial charge in [-0.15, -0.1) is 0 Å². The van der Waals surface area contributed by atoms with Gasteiger partial charge in [-0.05, 0) is 30.0 Å². The van der Waals surface area contributed by atoms with Crippen molar-refractivity contribution in [1.29, 1.82) is 0 Å². The lowest BCUT2D eigenvalue weighted by Crippen LogP contribution is -1.79. The van der Waals surface area contributed by atoms with E-state index in [4.69, 9.17) is 11.6 Å². The molecule has 0 radical (unpaired) electrons. The van der Waals surface area contributed by atoms with E-state index in [1.165, 1.54) is 5.39 Å². The third kappa shape index (κ3) is 1.64. The van der Waals surface area contributed by atoms with E-state index in [1.54, 1.807) is 6.20 Å². The summed E-state index contributed by atoms with van der Waals surface area (Å²) in [6.45, 7) is 1.93. The van der Waals surface area contributed by atoms with Gasteiger partial charge in [-0.3, -0.25) is 4.98 Å². The van der Waals surface area contributed by atoms with Crippen molar-refractivity contribution in [1.82, 2.24) is 4.98 Å². The summed E-state index contributed by atoms with van der Waals surface area (Å²) >= 11 is 6.03. The van der Waals surface area contributed by atoms with Crippen molar-refractivity contribution in [2.24, 2.45) is 0 Å². The van der Waals surface area contributed by atoms with Crippen LogP contribution >= 0.6 is 11.6 Å². The summed E-state index contributed by atoms with van der Waals surface area (Å²) in [7, 11) is 0. The zero-order chi connectivity index (χ0) is 9.97. The maximum absolute atomic E-state index is 6.03. The molecule has 0 aliphatic heterocycles. The highest BCUT2D eigenvalue weighted by atomic mass is 35.5. The molecular weight excluding hydrogens is 194 g/mol. The SMILES string of the molecule is C/C=C(/Cl)c1ccc2ccncc2c1. The van der Waals surface area contributed by atoms with Crippen LogP contribution in [0.2, 0.25) is 0 Å². The molecule has 0 fully saturated rings. The molecule has 70 valence electrons. The van der Waals surface area contributed by atoms with Crippen molar-refractivity contribution < 1.29 is 0 Å². The predicted octanol–water partition coefficient (Wildman–Crippen LogP) is 3.83. The van der Waals surface area contributed by atoms with Crippen LogP contribution in [-0.2, 0) is 0 Å². The van der Waals surface area contributed by atoms with Crippen LogP contribution in [0.5, 0.6) is 0 Å². The average molecular weight is 204 g/mol. The average Bonchev–Trinajstić information content (AvgIpc) is 2.27. The zero-order valence-electron chi connectivity index (χ0n) is 7.87. The van der Waals surface area contributed by atoms with Crippen molar-refractivity contribution >= 4 is 27.4 Å². The van der Waals surface area contributed by atoms with E-state index >= 15 is 0 Å². The smallest absolute Gasteiger partial charge is 0.0435 e. The van der Waals surface area contributed by atoms with Crippen LogP contribution in [0.15, 0.2) is 42.7 Å². The summed E-state index contributed by atoms with van der Waals surface area (Å²) < 4.78 is 0. The maximum Gasteiger partial charge on any atom is 0.0435 e. The van der Waals surface area contributed by atoms with Gasteiger partial charge in [0.05, 0.1) is 0 Å². The van der Waals surface area contributed by atoms with Crippen LogP contribution < -0.4 is 0 Å². The quantitative estimate of drug-likeness (QED) is 0.687. The van der Waals surface area contributed by atoms with Gasteiger partial charge in [-0.25, -0.2) is 0 Å². The van der Waals surface area contributed by atoms with E-state index in [0.29, 0.717) is 0 Å². The molecule has 0 aliphatic carbocycles. The first kappa shape index (κ1) is 9.22. The number of fused-ring (bicyclic) bond motifs is 1. The molecule has 1 aromatic heterocycles. The number of rotatable bonds is 1. The van der Waals surface area contributed by atoms with E-state index in [2.05, 4.69) is 11.1 Å². The first-order valence-electron chi connectivity index (χ1n) is 4.47. The van der Waals surface area contributed by atoms with Gasteiger partial charge in [-0.1, -0.05) is 29.8 Å². The minimum atomic E-state index is 0.774. The minimum Gasteiger partial charge on any atom is -0.264 e. The van der Waals surface area contributed by atoms with E-state index in [9.17, 15) is 0 Å². The molecule has 0 saturated carbocycles. The van der Waals surface area contributed by atoms with E-state index in [0.717, 1.165) is 16.0 Å². The number of aromatic nitrogens is 1. The number of hydrogen-bond acceptors (Lipinski definition) is 1. The van der Waals surface area contributed by atoms with Crippen molar-refractivity contribution in [3.63, 3.8) is 0 Å². The third-order valence-corrected chi connectivity index (χ3v) is 2.61. The number of nitrogens with zero attached hydrogens (tertiary/aromatic N) is 1. The summed E-state index contributed by atoms with van der Waals surface area (Å²) in [5.74, 6) is 0. The summed E-state index contributed by atoms with van der Waals surface area (Å²) in [6.07, 6.45) is 5.52. The number of benzene rings is 1. The summed E-state index contributed by atoms with van der Waals surface area (Å²) in [6, 6.07) is 8.11. The second-order valence-electron chi connectivity index (χ2n) is 3.07. The fourth-order valence-electron chi connectivity index (χ4n) is 1.40. The molecule has 0 N–H and O–H groups in total. The van der Waals surface area contributed by atoms with E-state index in [-0.39, 0.29) is 0 Å². The molecule has 1 nitrogen and oxygen atoms in total. The molecule has 0 saturated heterocycles. The number of hydrogen-bond donors (Lipinski definition) is 0. The van der Waals surface area contributed by atoms with Crippen molar-refractivity contribution in [2.45, 2.75) is 6.92 Å². The van der Waals surface area contributed by atoms with Gasteiger partial charge in [-0.2, -0.15) is 0 Å². The van der Waals surface area contributed by atoms with Crippen LogP contribution in [0, 0.1) is 0 Å². The maximum atomic E-state index is 6.03. The van der Waals surface area contributed by atoms with Crippen LogP contribution in [-0.4, -0.2) is 4.98 Å². The first-order chi connectivity index (χ1) is 6.81. The van der Waals surface area contributed by atoms with Gasteiger partial charge in [0.1, 0.15) is 0 Å².